The first-order valence-electron chi connectivity index (χ1n) is 8.38. The molecule has 0 bridgehead atoms. The molecular formula is C15H26N2O5S. The fourth-order valence-electron chi connectivity index (χ4n) is 3.45. The number of likely N-dealkylation sites (tertiary alicyclic amines) is 1. The smallest absolute Gasteiger partial charge is 0.308 e. The van der Waals surface area contributed by atoms with Crippen LogP contribution < -0.4 is 0 Å². The summed E-state index contributed by atoms with van der Waals surface area (Å²) in [5.74, 6) is -1.61. The number of aliphatic carboxylic acids is 1. The van der Waals surface area contributed by atoms with Crippen LogP contribution in [0, 0.1) is 5.92 Å². The Kier molecular flexibility index (Phi) is 6.02. The van der Waals surface area contributed by atoms with E-state index in [1.807, 2.05) is 0 Å². The molecule has 0 aromatic carbocycles. The minimum Gasteiger partial charge on any atom is -0.481 e. The maximum Gasteiger partial charge on any atom is 0.308 e. The summed E-state index contributed by atoms with van der Waals surface area (Å²) in [6, 6.07) is -0.659. The molecule has 2 saturated heterocycles. The molecule has 132 valence electrons. The van der Waals surface area contributed by atoms with E-state index >= 15 is 0 Å². The Balaban J connectivity index is 2.13. The normalized spacial score (nSPS) is 26.9. The van der Waals surface area contributed by atoms with Gasteiger partial charge in [0.15, 0.2) is 0 Å². The van der Waals surface area contributed by atoms with Crippen molar-refractivity contribution in [2.45, 2.75) is 51.5 Å². The van der Waals surface area contributed by atoms with Crippen molar-refractivity contribution in [3.63, 3.8) is 0 Å². The molecule has 0 spiro atoms. The van der Waals surface area contributed by atoms with Crippen molar-refractivity contribution >= 4 is 21.9 Å². The summed E-state index contributed by atoms with van der Waals surface area (Å²) in [5, 5.41) is 9.16. The molecular weight excluding hydrogens is 320 g/mol. The molecule has 1 N–H and O–H groups in total. The number of carboxylic acid groups (broad SMARTS) is 1. The van der Waals surface area contributed by atoms with E-state index in [1.165, 1.54) is 4.31 Å². The Bertz CT molecular complexity index is 548. The Hall–Kier alpha value is -1.15. The predicted molar refractivity (Wildman–Crippen MR) is 85.4 cm³/mol. The van der Waals surface area contributed by atoms with Crippen LogP contribution >= 0.6 is 0 Å². The van der Waals surface area contributed by atoms with Crippen molar-refractivity contribution in [2.75, 3.05) is 25.4 Å². The van der Waals surface area contributed by atoms with Gasteiger partial charge in [0.25, 0.3) is 0 Å². The maximum absolute atomic E-state index is 12.8. The predicted octanol–water partition coefficient (Wildman–Crippen LogP) is 0.904. The number of hydrogen-bond donors (Lipinski definition) is 1. The molecule has 2 unspecified atom stereocenters. The van der Waals surface area contributed by atoms with E-state index in [0.717, 1.165) is 12.8 Å². The van der Waals surface area contributed by atoms with Crippen LogP contribution in [0.2, 0.25) is 0 Å². The maximum atomic E-state index is 12.8. The number of sulfonamides is 1. The number of carbonyl (C=O) groups excluding carboxylic acids is 1. The van der Waals surface area contributed by atoms with Crippen LogP contribution in [0.25, 0.3) is 0 Å². The number of hydrogen-bond acceptors (Lipinski definition) is 4. The Labute approximate surface area is 137 Å². The fraction of sp³-hybridized carbons (Fsp3) is 0.867. The van der Waals surface area contributed by atoms with Gasteiger partial charge in [0.1, 0.15) is 6.04 Å². The van der Waals surface area contributed by atoms with Gasteiger partial charge in [0.2, 0.25) is 15.9 Å². The van der Waals surface area contributed by atoms with Crippen molar-refractivity contribution in [1.29, 1.82) is 0 Å². The molecule has 0 radical (unpaired) electrons. The zero-order chi connectivity index (χ0) is 17.0. The van der Waals surface area contributed by atoms with Crippen molar-refractivity contribution in [2.24, 2.45) is 5.92 Å². The second-order valence-corrected chi connectivity index (χ2v) is 8.44. The summed E-state index contributed by atoms with van der Waals surface area (Å²) in [5.41, 5.74) is 0. The standard InChI is InChI=1S/C15H26N2O5S/c1-2-10-23(21,22)17-9-4-3-7-13(17)14(18)16-8-5-6-12(11-16)15(19)20/h12-13H,2-11H2,1H3,(H,19,20). The zero-order valence-corrected chi connectivity index (χ0v) is 14.4. The summed E-state index contributed by atoms with van der Waals surface area (Å²) < 4.78 is 26.2. The lowest BCUT2D eigenvalue weighted by molar-refractivity contribution is -0.147. The second kappa shape index (κ2) is 7.61. The molecule has 1 amide bonds. The minimum atomic E-state index is -3.43. The first-order valence-corrected chi connectivity index (χ1v) is 9.99. The SMILES string of the molecule is CCCS(=O)(=O)N1CCCCC1C(=O)N1CCCC(C(=O)O)C1. The zero-order valence-electron chi connectivity index (χ0n) is 13.6. The van der Waals surface area contributed by atoms with Gasteiger partial charge in [-0.3, -0.25) is 9.59 Å². The Morgan fingerprint density at radius 2 is 1.87 bits per heavy atom. The topological polar surface area (TPSA) is 95.0 Å². The van der Waals surface area contributed by atoms with Crippen LogP contribution in [0.1, 0.15) is 45.4 Å². The van der Waals surface area contributed by atoms with Crippen LogP contribution in [-0.2, 0) is 19.6 Å². The van der Waals surface area contributed by atoms with E-state index in [0.29, 0.717) is 38.8 Å². The van der Waals surface area contributed by atoms with Gasteiger partial charge in [-0.05, 0) is 32.1 Å². The van der Waals surface area contributed by atoms with Crippen LogP contribution in [0.4, 0.5) is 0 Å². The number of amides is 1. The van der Waals surface area contributed by atoms with Gasteiger partial charge in [-0.1, -0.05) is 13.3 Å². The number of carboxylic acids is 1. The van der Waals surface area contributed by atoms with Crippen LogP contribution in [-0.4, -0.2) is 66.0 Å². The number of nitrogens with zero attached hydrogens (tertiary/aromatic N) is 2. The molecule has 0 saturated carbocycles. The van der Waals surface area contributed by atoms with Crippen molar-refractivity contribution in [3.8, 4) is 0 Å². The lowest BCUT2D eigenvalue weighted by atomic mass is 9.96. The summed E-state index contributed by atoms with van der Waals surface area (Å²) >= 11 is 0. The highest BCUT2D eigenvalue weighted by Gasteiger charge is 2.39. The van der Waals surface area contributed by atoms with E-state index in [-0.39, 0.29) is 18.2 Å². The van der Waals surface area contributed by atoms with Gasteiger partial charge in [-0.15, -0.1) is 0 Å². The molecule has 0 aliphatic carbocycles. The van der Waals surface area contributed by atoms with E-state index in [2.05, 4.69) is 0 Å². The summed E-state index contributed by atoms with van der Waals surface area (Å²) in [4.78, 5) is 25.5. The number of rotatable bonds is 5. The third-order valence-corrected chi connectivity index (χ3v) is 6.72. The van der Waals surface area contributed by atoms with E-state index < -0.39 is 28.0 Å². The monoisotopic (exact) mass is 346 g/mol. The molecule has 2 fully saturated rings. The van der Waals surface area contributed by atoms with E-state index in [1.54, 1.807) is 11.8 Å². The summed E-state index contributed by atoms with van der Waals surface area (Å²) in [6.45, 7) is 2.89. The molecule has 7 nitrogen and oxygen atoms in total. The molecule has 2 aliphatic rings. The molecule has 2 heterocycles. The van der Waals surface area contributed by atoms with Crippen LogP contribution in [0.15, 0.2) is 0 Å². The molecule has 0 aromatic rings. The van der Waals surface area contributed by atoms with Gasteiger partial charge in [-0.25, -0.2) is 8.42 Å². The molecule has 2 rings (SSSR count). The van der Waals surface area contributed by atoms with Crippen molar-refractivity contribution in [1.82, 2.24) is 9.21 Å². The summed E-state index contributed by atoms with van der Waals surface area (Å²) in [6.07, 6.45) is 3.86. The lowest BCUT2D eigenvalue weighted by Gasteiger charge is -2.39. The third-order valence-electron chi connectivity index (χ3n) is 4.64. The number of carbonyl (C=O) groups is 2. The van der Waals surface area contributed by atoms with Crippen molar-refractivity contribution < 1.29 is 23.1 Å². The molecule has 23 heavy (non-hydrogen) atoms. The van der Waals surface area contributed by atoms with Gasteiger partial charge < -0.3 is 10.0 Å². The highest BCUT2D eigenvalue weighted by atomic mass is 32.2. The first kappa shape index (κ1) is 18.2. The lowest BCUT2D eigenvalue weighted by Crippen LogP contribution is -2.55. The average Bonchev–Trinajstić information content (AvgIpc) is 2.54. The highest BCUT2D eigenvalue weighted by Crippen LogP contribution is 2.25. The van der Waals surface area contributed by atoms with E-state index in [9.17, 15) is 18.0 Å². The van der Waals surface area contributed by atoms with Gasteiger partial charge in [0, 0.05) is 19.6 Å². The van der Waals surface area contributed by atoms with Gasteiger partial charge in [-0.2, -0.15) is 4.31 Å². The van der Waals surface area contributed by atoms with Crippen LogP contribution in [0.3, 0.4) is 0 Å². The first-order chi connectivity index (χ1) is 10.9. The fourth-order valence-corrected chi connectivity index (χ4v) is 5.19. The summed E-state index contributed by atoms with van der Waals surface area (Å²) in [7, 11) is -3.43. The Morgan fingerprint density at radius 1 is 1.13 bits per heavy atom. The van der Waals surface area contributed by atoms with Gasteiger partial charge in [0.05, 0.1) is 11.7 Å². The van der Waals surface area contributed by atoms with Crippen LogP contribution in [0.5, 0.6) is 0 Å². The number of piperidine rings is 2. The molecule has 0 aromatic heterocycles. The minimum absolute atomic E-state index is 0.0501. The molecule has 2 atom stereocenters. The Morgan fingerprint density at radius 3 is 2.52 bits per heavy atom. The second-order valence-electron chi connectivity index (χ2n) is 6.40. The average molecular weight is 346 g/mol. The quantitative estimate of drug-likeness (QED) is 0.798. The molecule has 2 aliphatic heterocycles. The largest absolute Gasteiger partial charge is 0.481 e. The highest BCUT2D eigenvalue weighted by molar-refractivity contribution is 7.89. The molecule has 8 heteroatoms. The third kappa shape index (κ3) is 4.23. The van der Waals surface area contributed by atoms with Gasteiger partial charge >= 0.3 is 5.97 Å². The van der Waals surface area contributed by atoms with Crippen molar-refractivity contribution in [3.05, 3.63) is 0 Å². The van der Waals surface area contributed by atoms with E-state index in [4.69, 9.17) is 5.11 Å².